The summed E-state index contributed by atoms with van der Waals surface area (Å²) >= 11 is 0. The van der Waals surface area contributed by atoms with Gasteiger partial charge in [-0.1, -0.05) is 4.59 Å². The standard InChI is InChI=1S/C7H15F4N2O4S2/c1-4-13(5-2,6-3)12(19(11,16)17)18(14,15)7(8,9)10/h4-6H2,1-3H3/q+2. The zero-order valence-corrected chi connectivity index (χ0v) is 12.1. The fourth-order valence-electron chi connectivity index (χ4n) is 1.66. The van der Waals surface area contributed by atoms with Crippen molar-refractivity contribution in [2.75, 3.05) is 19.6 Å². The molecule has 0 heterocycles. The summed E-state index contributed by atoms with van der Waals surface area (Å²) in [4.78, 5) is 0. The molecule has 0 aromatic carbocycles. The number of nitrogens with zero attached hydrogens (tertiary/aromatic N) is 2. The summed E-state index contributed by atoms with van der Waals surface area (Å²) in [7, 11) is -12.4. The van der Waals surface area contributed by atoms with Gasteiger partial charge in [-0.3, -0.25) is 0 Å². The number of halogens is 4. The maximum atomic E-state index is 13.1. The molecule has 0 aliphatic rings. The highest BCUT2D eigenvalue weighted by atomic mass is 32.3. The first-order valence-electron chi connectivity index (χ1n) is 5.23. The fourth-order valence-corrected chi connectivity index (χ4v) is 4.59. The minimum atomic E-state index is -6.35. The molecular weight excluding hydrogens is 316 g/mol. The first-order chi connectivity index (χ1) is 8.30. The van der Waals surface area contributed by atoms with Crippen LogP contribution in [0.2, 0.25) is 0 Å². The van der Waals surface area contributed by atoms with Gasteiger partial charge in [0.15, 0.2) is 0 Å². The molecule has 12 heteroatoms. The zero-order chi connectivity index (χ0) is 15.7. The SMILES string of the molecule is CC[N+](CC)(CC)[N+](S(=O)(=O)F)S(=O)(=O)C(F)(F)F. The Morgan fingerprint density at radius 1 is 0.947 bits per heavy atom. The van der Waals surface area contributed by atoms with E-state index in [2.05, 4.69) is 0 Å². The van der Waals surface area contributed by atoms with Crippen molar-refractivity contribution in [3.63, 3.8) is 0 Å². The van der Waals surface area contributed by atoms with Gasteiger partial charge in [0, 0.05) is 0 Å². The van der Waals surface area contributed by atoms with E-state index in [1.54, 1.807) is 0 Å². The third-order valence-electron chi connectivity index (χ3n) is 2.80. The normalized spacial score (nSPS) is 14.9. The summed E-state index contributed by atoms with van der Waals surface area (Å²) in [6.45, 7) is 2.76. The van der Waals surface area contributed by atoms with Gasteiger partial charge < -0.3 is 0 Å². The van der Waals surface area contributed by atoms with Gasteiger partial charge in [0.2, 0.25) is 0 Å². The highest BCUT2D eigenvalue weighted by Crippen LogP contribution is 2.31. The highest BCUT2D eigenvalue weighted by Gasteiger charge is 2.73. The van der Waals surface area contributed by atoms with E-state index in [1.807, 2.05) is 0 Å². The first-order valence-corrected chi connectivity index (χ1v) is 8.01. The molecular formula is C7H15F4N2O4S2+2. The summed E-state index contributed by atoms with van der Waals surface area (Å²) in [6.07, 6.45) is 0. The van der Waals surface area contributed by atoms with Crippen molar-refractivity contribution >= 4 is 20.4 Å². The van der Waals surface area contributed by atoms with E-state index in [-0.39, 0.29) is 19.6 Å². The zero-order valence-electron chi connectivity index (χ0n) is 10.5. The third kappa shape index (κ3) is 3.35. The molecule has 0 aliphatic carbocycles. The van der Waals surface area contributed by atoms with Gasteiger partial charge in [-0.25, -0.2) is 0 Å². The highest BCUT2D eigenvalue weighted by molar-refractivity contribution is 8.03. The summed E-state index contributed by atoms with van der Waals surface area (Å²) in [5, 5.41) is 0. The second-order valence-electron chi connectivity index (χ2n) is 3.61. The van der Waals surface area contributed by atoms with Crippen molar-refractivity contribution in [3.8, 4) is 0 Å². The predicted molar refractivity (Wildman–Crippen MR) is 59.0 cm³/mol. The van der Waals surface area contributed by atoms with Crippen LogP contribution in [0.4, 0.5) is 17.1 Å². The molecule has 0 fully saturated rings. The summed E-state index contributed by atoms with van der Waals surface area (Å²) in [5.74, 6) is 0. The number of quaternary nitrogens is 1. The Morgan fingerprint density at radius 2 is 1.26 bits per heavy atom. The minimum Gasteiger partial charge on any atom is -0.153 e. The maximum absolute atomic E-state index is 13.1. The number of hydrogen-bond donors (Lipinski definition) is 0. The van der Waals surface area contributed by atoms with Crippen LogP contribution in [0.3, 0.4) is 0 Å². The molecule has 0 saturated carbocycles. The Labute approximate surface area is 109 Å². The lowest BCUT2D eigenvalue weighted by Crippen LogP contribution is -2.69. The molecule has 115 valence electrons. The third-order valence-corrected chi connectivity index (χ3v) is 5.98. The van der Waals surface area contributed by atoms with Crippen LogP contribution in [0.15, 0.2) is 0 Å². The van der Waals surface area contributed by atoms with E-state index in [9.17, 15) is 33.9 Å². The van der Waals surface area contributed by atoms with Crippen molar-refractivity contribution in [3.05, 3.63) is 0 Å². The number of alkyl halides is 3. The van der Waals surface area contributed by atoms with Gasteiger partial charge in [0.25, 0.3) is 3.82 Å². The van der Waals surface area contributed by atoms with Crippen molar-refractivity contribution in [1.82, 2.24) is 3.82 Å². The van der Waals surface area contributed by atoms with Crippen LogP contribution in [0.1, 0.15) is 20.8 Å². The molecule has 0 aliphatic heterocycles. The van der Waals surface area contributed by atoms with E-state index < -0.39 is 34.4 Å². The number of rotatable bonds is 6. The number of sulfonamides is 1. The Hall–Kier alpha value is -0.460. The lowest BCUT2D eigenvalue weighted by molar-refractivity contribution is -0.966. The van der Waals surface area contributed by atoms with E-state index in [0.29, 0.717) is 0 Å². The van der Waals surface area contributed by atoms with Crippen LogP contribution in [0.5, 0.6) is 0 Å². The fraction of sp³-hybridized carbons (Fsp3) is 1.00. The minimum absolute atomic E-state index is 0.342. The molecule has 19 heavy (non-hydrogen) atoms. The predicted octanol–water partition coefficient (Wildman–Crippen LogP) is 0.982. The van der Waals surface area contributed by atoms with Crippen molar-refractivity contribution in [2.24, 2.45) is 0 Å². The molecule has 0 aromatic rings. The quantitative estimate of drug-likeness (QED) is 0.239. The van der Waals surface area contributed by atoms with Crippen molar-refractivity contribution in [2.45, 2.75) is 26.3 Å². The Balaban J connectivity index is 6.34. The summed E-state index contributed by atoms with van der Waals surface area (Å²) in [5.41, 5.74) is -5.91. The molecule has 0 N–H and O–H groups in total. The molecule has 1 radical (unpaired) electrons. The van der Waals surface area contributed by atoms with E-state index in [0.717, 1.165) is 0 Å². The molecule has 0 saturated heterocycles. The van der Waals surface area contributed by atoms with Crippen LogP contribution < -0.4 is 3.82 Å². The smallest absolute Gasteiger partial charge is 0.153 e. The summed E-state index contributed by atoms with van der Waals surface area (Å²) in [6, 6.07) is 0. The Morgan fingerprint density at radius 3 is 1.42 bits per heavy atom. The Kier molecular flexibility index (Phi) is 5.37. The van der Waals surface area contributed by atoms with E-state index in [4.69, 9.17) is 0 Å². The van der Waals surface area contributed by atoms with E-state index >= 15 is 0 Å². The molecule has 0 atom stereocenters. The largest absolute Gasteiger partial charge is 0.596 e. The van der Waals surface area contributed by atoms with Gasteiger partial charge in [-0.2, -0.15) is 21.6 Å². The topological polar surface area (TPSA) is 74.2 Å². The molecule has 0 spiro atoms. The molecule has 6 nitrogen and oxygen atoms in total. The Bertz CT molecular complexity index is 501. The molecule has 0 amide bonds. The van der Waals surface area contributed by atoms with Gasteiger partial charge >= 0.3 is 25.9 Å². The maximum Gasteiger partial charge on any atom is 0.596 e. The van der Waals surface area contributed by atoms with Crippen LogP contribution in [0, 0.1) is 0 Å². The summed E-state index contributed by atoms with van der Waals surface area (Å²) < 4.78 is 92.7. The lowest BCUT2D eigenvalue weighted by Gasteiger charge is -2.29. The van der Waals surface area contributed by atoms with E-state index in [1.165, 1.54) is 20.8 Å². The van der Waals surface area contributed by atoms with Crippen molar-refractivity contribution in [1.29, 1.82) is 0 Å². The average molecular weight is 331 g/mol. The molecule has 0 unspecified atom stereocenters. The van der Waals surface area contributed by atoms with Crippen LogP contribution >= 0.6 is 0 Å². The van der Waals surface area contributed by atoms with Gasteiger partial charge in [-0.15, -0.1) is 8.42 Å². The molecule has 0 aromatic heterocycles. The lowest BCUT2D eigenvalue weighted by atomic mass is 10.5. The monoisotopic (exact) mass is 331 g/mol. The van der Waals surface area contributed by atoms with Crippen molar-refractivity contribution < 1.29 is 38.5 Å². The van der Waals surface area contributed by atoms with Crippen LogP contribution in [-0.4, -0.2) is 46.6 Å². The average Bonchev–Trinajstić information content (AvgIpc) is 2.22. The second kappa shape index (κ2) is 5.50. The molecule has 0 bridgehead atoms. The van der Waals surface area contributed by atoms with Gasteiger partial charge in [-0.05, 0) is 24.7 Å². The second-order valence-corrected chi connectivity index (χ2v) is 6.77. The number of hydrogen-bond acceptors (Lipinski definition) is 4. The van der Waals surface area contributed by atoms with Crippen LogP contribution in [-0.2, 0) is 20.4 Å². The first kappa shape index (κ1) is 18.5. The van der Waals surface area contributed by atoms with Gasteiger partial charge in [0.05, 0.1) is 0 Å². The van der Waals surface area contributed by atoms with Gasteiger partial charge in [0.1, 0.15) is 19.6 Å². The van der Waals surface area contributed by atoms with Crippen LogP contribution in [0.25, 0.3) is 0 Å². The molecule has 0 rings (SSSR count).